The van der Waals surface area contributed by atoms with Gasteiger partial charge in [0.15, 0.2) is 6.73 Å². The third-order valence-electron chi connectivity index (χ3n) is 6.87. The van der Waals surface area contributed by atoms with Crippen LogP contribution in [-0.4, -0.2) is 59.2 Å². The minimum atomic E-state index is -1.01. The molecule has 0 aliphatic carbocycles. The van der Waals surface area contributed by atoms with E-state index >= 15 is 0 Å². The second-order valence-corrected chi connectivity index (χ2v) is 11.5. The van der Waals surface area contributed by atoms with E-state index in [4.69, 9.17) is 14.2 Å². The standard InChI is InChI=1S/C34H42N4O8/c1-7-18-37(20-23-10-15-27-26(19-23)31(41)38(21-35-27)22-46-33(43)34(4,5)6)25-13-11-24(12-14-25)30(40)36-28(32(42)45-9-3)16-17-29(39)44-8-2/h7,10-15,19,21,28H,1,8-9,16-18,20,22H2,2-6H3,(H,36,40)/t28-/m1/s1. The zero-order valence-electron chi connectivity index (χ0n) is 27.0. The molecule has 1 N–H and O–H groups in total. The highest BCUT2D eigenvalue weighted by atomic mass is 16.5. The van der Waals surface area contributed by atoms with Crippen LogP contribution >= 0.6 is 0 Å². The molecule has 0 saturated heterocycles. The number of rotatable bonds is 15. The molecule has 0 aliphatic heterocycles. The number of carbonyl (C=O) groups excluding carboxylic acids is 4. The lowest BCUT2D eigenvalue weighted by Crippen LogP contribution is -2.42. The van der Waals surface area contributed by atoms with Gasteiger partial charge in [-0.2, -0.15) is 0 Å². The molecule has 0 saturated carbocycles. The van der Waals surface area contributed by atoms with Gasteiger partial charge in [-0.1, -0.05) is 12.1 Å². The fraction of sp³-hybridized carbons (Fsp3) is 0.412. The normalized spacial score (nSPS) is 11.8. The number of hydrogen-bond donors (Lipinski definition) is 1. The van der Waals surface area contributed by atoms with E-state index < -0.39 is 35.3 Å². The Bertz CT molecular complexity index is 1610. The van der Waals surface area contributed by atoms with E-state index in [9.17, 15) is 24.0 Å². The molecule has 0 unspecified atom stereocenters. The number of aromatic nitrogens is 2. The summed E-state index contributed by atoms with van der Waals surface area (Å²) in [6.45, 7) is 13.4. The Morgan fingerprint density at radius 1 is 1.02 bits per heavy atom. The predicted octanol–water partition coefficient (Wildman–Crippen LogP) is 4.14. The summed E-state index contributed by atoms with van der Waals surface area (Å²) in [5.41, 5.74) is 1.42. The van der Waals surface area contributed by atoms with Crippen molar-refractivity contribution >= 4 is 40.4 Å². The third-order valence-corrected chi connectivity index (χ3v) is 6.87. The zero-order valence-corrected chi connectivity index (χ0v) is 27.0. The SMILES string of the molecule is C=CCN(Cc1ccc2ncn(COC(=O)C(C)(C)C)c(=O)c2c1)c1ccc(C(=O)N[C@H](CCC(=O)OCC)C(=O)OCC)cc1. The molecule has 3 aromatic rings. The predicted molar refractivity (Wildman–Crippen MR) is 173 cm³/mol. The van der Waals surface area contributed by atoms with Gasteiger partial charge in [-0.05, 0) is 83.0 Å². The monoisotopic (exact) mass is 634 g/mol. The Labute approximate surface area is 268 Å². The van der Waals surface area contributed by atoms with Gasteiger partial charge in [-0.25, -0.2) is 9.78 Å². The van der Waals surface area contributed by atoms with Gasteiger partial charge >= 0.3 is 17.9 Å². The fourth-order valence-corrected chi connectivity index (χ4v) is 4.43. The van der Waals surface area contributed by atoms with Crippen molar-refractivity contribution in [2.24, 2.45) is 5.41 Å². The number of nitrogens with one attached hydrogen (secondary N) is 1. The summed E-state index contributed by atoms with van der Waals surface area (Å²) in [5, 5.41) is 3.05. The fourth-order valence-electron chi connectivity index (χ4n) is 4.43. The molecule has 46 heavy (non-hydrogen) atoms. The highest BCUT2D eigenvalue weighted by molar-refractivity contribution is 5.97. The minimum absolute atomic E-state index is 0.0447. The van der Waals surface area contributed by atoms with Gasteiger partial charge in [-0.3, -0.25) is 23.7 Å². The second kappa shape index (κ2) is 16.4. The smallest absolute Gasteiger partial charge is 0.328 e. The lowest BCUT2D eigenvalue weighted by atomic mass is 9.98. The molecule has 3 rings (SSSR count). The van der Waals surface area contributed by atoms with Crippen LogP contribution in [0, 0.1) is 5.41 Å². The van der Waals surface area contributed by atoms with Gasteiger partial charge in [0.05, 0.1) is 29.5 Å². The third kappa shape index (κ3) is 9.75. The van der Waals surface area contributed by atoms with Crippen molar-refractivity contribution in [2.45, 2.75) is 66.8 Å². The van der Waals surface area contributed by atoms with Crippen LogP contribution in [-0.2, 0) is 41.9 Å². The average molecular weight is 635 g/mol. The van der Waals surface area contributed by atoms with Crippen molar-refractivity contribution in [3.05, 3.63) is 82.9 Å². The Balaban J connectivity index is 1.76. The molecule has 0 fully saturated rings. The van der Waals surface area contributed by atoms with E-state index in [0.29, 0.717) is 29.6 Å². The van der Waals surface area contributed by atoms with Gasteiger partial charge < -0.3 is 24.4 Å². The number of amides is 1. The van der Waals surface area contributed by atoms with Crippen LogP contribution in [0.1, 0.15) is 63.4 Å². The lowest BCUT2D eigenvalue weighted by molar-refractivity contribution is -0.157. The number of esters is 3. The first-order valence-electron chi connectivity index (χ1n) is 15.1. The Hall–Kier alpha value is -5.00. The Morgan fingerprint density at radius 2 is 1.72 bits per heavy atom. The quantitative estimate of drug-likeness (QED) is 0.147. The minimum Gasteiger partial charge on any atom is -0.466 e. The number of fused-ring (bicyclic) bond motifs is 1. The molecule has 2 aromatic carbocycles. The van der Waals surface area contributed by atoms with E-state index in [2.05, 4.69) is 16.9 Å². The molecule has 12 nitrogen and oxygen atoms in total. The van der Waals surface area contributed by atoms with Crippen LogP contribution in [0.4, 0.5) is 5.69 Å². The molecular weight excluding hydrogens is 592 g/mol. The number of carbonyl (C=O) groups is 4. The van der Waals surface area contributed by atoms with Crippen LogP contribution in [0.5, 0.6) is 0 Å². The van der Waals surface area contributed by atoms with E-state index in [1.807, 2.05) is 11.0 Å². The molecule has 246 valence electrons. The largest absolute Gasteiger partial charge is 0.466 e. The molecule has 12 heteroatoms. The molecular formula is C34H42N4O8. The number of ether oxygens (including phenoxy) is 3. The van der Waals surface area contributed by atoms with Gasteiger partial charge in [0.1, 0.15) is 12.4 Å². The number of benzene rings is 2. The summed E-state index contributed by atoms with van der Waals surface area (Å²) < 4.78 is 16.6. The van der Waals surface area contributed by atoms with Gasteiger partial charge in [-0.15, -0.1) is 6.58 Å². The summed E-state index contributed by atoms with van der Waals surface area (Å²) in [6, 6.07) is 11.2. The van der Waals surface area contributed by atoms with Crippen molar-refractivity contribution in [2.75, 3.05) is 24.7 Å². The highest BCUT2D eigenvalue weighted by Crippen LogP contribution is 2.21. The van der Waals surface area contributed by atoms with Crippen molar-refractivity contribution in [1.29, 1.82) is 0 Å². The van der Waals surface area contributed by atoms with Crippen LogP contribution in [0.15, 0.2) is 66.2 Å². The number of hydrogen-bond acceptors (Lipinski definition) is 10. The van der Waals surface area contributed by atoms with E-state index in [1.165, 1.54) is 10.9 Å². The highest BCUT2D eigenvalue weighted by Gasteiger charge is 2.25. The summed E-state index contributed by atoms with van der Waals surface area (Å²) in [5.74, 6) is -2.01. The van der Waals surface area contributed by atoms with E-state index in [1.54, 1.807) is 77.1 Å². The molecule has 1 heterocycles. The number of anilines is 1. The summed E-state index contributed by atoms with van der Waals surface area (Å²) in [7, 11) is 0. The van der Waals surface area contributed by atoms with Crippen LogP contribution in [0.3, 0.4) is 0 Å². The molecule has 0 bridgehead atoms. The maximum absolute atomic E-state index is 13.2. The van der Waals surface area contributed by atoms with E-state index in [-0.39, 0.29) is 38.3 Å². The lowest BCUT2D eigenvalue weighted by Gasteiger charge is -2.24. The van der Waals surface area contributed by atoms with E-state index in [0.717, 1.165) is 11.3 Å². The molecule has 1 aromatic heterocycles. The maximum atomic E-state index is 13.2. The van der Waals surface area contributed by atoms with Crippen LogP contribution < -0.4 is 15.8 Å². The summed E-state index contributed by atoms with van der Waals surface area (Å²) in [4.78, 5) is 69.0. The van der Waals surface area contributed by atoms with Gasteiger partial charge in [0.25, 0.3) is 11.5 Å². The topological polar surface area (TPSA) is 146 Å². The molecule has 0 aliphatic rings. The van der Waals surface area contributed by atoms with Gasteiger partial charge in [0, 0.05) is 30.8 Å². The van der Waals surface area contributed by atoms with Crippen molar-refractivity contribution in [3.8, 4) is 0 Å². The molecule has 0 spiro atoms. The van der Waals surface area contributed by atoms with Crippen molar-refractivity contribution in [1.82, 2.24) is 14.9 Å². The first-order valence-corrected chi connectivity index (χ1v) is 15.1. The molecule has 0 radical (unpaired) electrons. The molecule has 1 amide bonds. The van der Waals surface area contributed by atoms with Crippen molar-refractivity contribution < 1.29 is 33.4 Å². The number of nitrogens with zero attached hydrogens (tertiary/aromatic N) is 3. The average Bonchev–Trinajstić information content (AvgIpc) is 3.02. The second-order valence-electron chi connectivity index (χ2n) is 11.5. The Kier molecular flexibility index (Phi) is 12.6. The first kappa shape index (κ1) is 35.5. The maximum Gasteiger partial charge on any atom is 0.328 e. The van der Waals surface area contributed by atoms with Crippen molar-refractivity contribution in [3.63, 3.8) is 0 Å². The van der Waals surface area contributed by atoms with Crippen LogP contribution in [0.2, 0.25) is 0 Å². The van der Waals surface area contributed by atoms with Crippen LogP contribution in [0.25, 0.3) is 10.9 Å². The van der Waals surface area contributed by atoms with Gasteiger partial charge in [0.2, 0.25) is 0 Å². The Morgan fingerprint density at radius 3 is 2.35 bits per heavy atom. The summed E-state index contributed by atoms with van der Waals surface area (Å²) in [6.07, 6.45) is 3.10. The summed E-state index contributed by atoms with van der Waals surface area (Å²) >= 11 is 0. The zero-order chi connectivity index (χ0) is 33.9. The molecule has 1 atom stereocenters. The first-order chi connectivity index (χ1) is 21.9.